The summed E-state index contributed by atoms with van der Waals surface area (Å²) in [7, 11) is 0. The molecule has 0 amide bonds. The van der Waals surface area contributed by atoms with Gasteiger partial charge in [0.05, 0.1) is 17.9 Å². The molecule has 108 valence electrons. The minimum Gasteiger partial charge on any atom is -0.307 e. The van der Waals surface area contributed by atoms with Gasteiger partial charge in [-0.2, -0.15) is 10.2 Å². The standard InChI is InChI=1S/C15H23N5/c1-2-19-8-7-14(18-19)11-16-9-13-10-17-20(12-13)15-5-3-4-6-15/h7-8,10,12,15-16H,2-6,9,11H2,1H3. The van der Waals surface area contributed by atoms with Gasteiger partial charge in [-0.25, -0.2) is 0 Å². The van der Waals surface area contributed by atoms with Crippen LogP contribution >= 0.6 is 0 Å². The van der Waals surface area contributed by atoms with E-state index in [1.807, 2.05) is 17.1 Å². The second kappa shape index (κ2) is 6.22. The Labute approximate surface area is 120 Å². The van der Waals surface area contributed by atoms with Crippen molar-refractivity contribution in [3.63, 3.8) is 0 Å². The van der Waals surface area contributed by atoms with Crippen molar-refractivity contribution in [3.8, 4) is 0 Å². The number of aryl methyl sites for hydroxylation is 1. The zero-order valence-electron chi connectivity index (χ0n) is 12.1. The average Bonchev–Trinajstić information content (AvgIpc) is 3.20. The molecule has 0 spiro atoms. The van der Waals surface area contributed by atoms with E-state index in [0.717, 1.165) is 25.3 Å². The van der Waals surface area contributed by atoms with Crippen molar-refractivity contribution < 1.29 is 0 Å². The Morgan fingerprint density at radius 2 is 2.15 bits per heavy atom. The van der Waals surface area contributed by atoms with Gasteiger partial charge in [-0.3, -0.25) is 9.36 Å². The van der Waals surface area contributed by atoms with Crippen LogP contribution in [0.25, 0.3) is 0 Å². The second-order valence-electron chi connectivity index (χ2n) is 5.53. The van der Waals surface area contributed by atoms with Crippen molar-refractivity contribution in [2.75, 3.05) is 0 Å². The molecule has 5 heteroatoms. The number of nitrogens with one attached hydrogen (secondary N) is 1. The molecule has 0 radical (unpaired) electrons. The first-order valence-corrected chi connectivity index (χ1v) is 7.61. The molecule has 0 aliphatic heterocycles. The molecule has 2 aromatic rings. The average molecular weight is 273 g/mol. The molecule has 20 heavy (non-hydrogen) atoms. The maximum atomic E-state index is 4.50. The van der Waals surface area contributed by atoms with Crippen LogP contribution < -0.4 is 5.32 Å². The lowest BCUT2D eigenvalue weighted by molar-refractivity contribution is 0.466. The highest BCUT2D eigenvalue weighted by atomic mass is 15.3. The molecule has 1 fully saturated rings. The third-order valence-corrected chi connectivity index (χ3v) is 4.01. The summed E-state index contributed by atoms with van der Waals surface area (Å²) in [5, 5.41) is 12.4. The zero-order valence-corrected chi connectivity index (χ0v) is 12.1. The predicted molar refractivity (Wildman–Crippen MR) is 78.2 cm³/mol. The lowest BCUT2D eigenvalue weighted by Gasteiger charge is -2.08. The fourth-order valence-corrected chi connectivity index (χ4v) is 2.85. The fraction of sp³-hybridized carbons (Fsp3) is 0.600. The molecule has 1 aliphatic rings. The van der Waals surface area contributed by atoms with Crippen LogP contribution in [0.4, 0.5) is 0 Å². The Hall–Kier alpha value is -1.62. The lowest BCUT2D eigenvalue weighted by atomic mass is 10.2. The quantitative estimate of drug-likeness (QED) is 0.879. The topological polar surface area (TPSA) is 47.7 Å². The summed E-state index contributed by atoms with van der Waals surface area (Å²) in [5.41, 5.74) is 2.35. The van der Waals surface area contributed by atoms with E-state index in [-0.39, 0.29) is 0 Å². The molecule has 0 unspecified atom stereocenters. The lowest BCUT2D eigenvalue weighted by Crippen LogP contribution is -2.13. The highest BCUT2D eigenvalue weighted by molar-refractivity contribution is 5.05. The molecule has 0 atom stereocenters. The molecular weight excluding hydrogens is 250 g/mol. The van der Waals surface area contributed by atoms with E-state index in [1.165, 1.54) is 31.2 Å². The van der Waals surface area contributed by atoms with Crippen LogP contribution in [0.5, 0.6) is 0 Å². The molecule has 1 N–H and O–H groups in total. The molecule has 5 nitrogen and oxygen atoms in total. The molecule has 2 heterocycles. The first-order chi connectivity index (χ1) is 9.85. The van der Waals surface area contributed by atoms with Gasteiger partial charge in [0.1, 0.15) is 0 Å². The zero-order chi connectivity index (χ0) is 13.8. The van der Waals surface area contributed by atoms with Crippen molar-refractivity contribution >= 4 is 0 Å². The van der Waals surface area contributed by atoms with E-state index in [1.54, 1.807) is 0 Å². The molecule has 1 aliphatic carbocycles. The van der Waals surface area contributed by atoms with Crippen LogP contribution in [0.1, 0.15) is 49.9 Å². The van der Waals surface area contributed by atoms with Gasteiger partial charge >= 0.3 is 0 Å². The highest BCUT2D eigenvalue weighted by Crippen LogP contribution is 2.28. The van der Waals surface area contributed by atoms with Crippen LogP contribution in [-0.4, -0.2) is 19.6 Å². The summed E-state index contributed by atoms with van der Waals surface area (Å²) >= 11 is 0. The van der Waals surface area contributed by atoms with Crippen molar-refractivity contribution in [1.29, 1.82) is 0 Å². The molecule has 3 rings (SSSR count). The SMILES string of the molecule is CCn1ccc(CNCc2cnn(C3CCCC3)c2)n1. The van der Waals surface area contributed by atoms with E-state index in [9.17, 15) is 0 Å². The summed E-state index contributed by atoms with van der Waals surface area (Å²) in [6.45, 7) is 4.68. The second-order valence-corrected chi connectivity index (χ2v) is 5.53. The first-order valence-electron chi connectivity index (χ1n) is 7.61. The Morgan fingerprint density at radius 3 is 2.90 bits per heavy atom. The Kier molecular flexibility index (Phi) is 4.16. The molecular formula is C15H23N5. The minimum absolute atomic E-state index is 0.629. The molecule has 0 bridgehead atoms. The largest absolute Gasteiger partial charge is 0.307 e. The molecule has 0 saturated heterocycles. The van der Waals surface area contributed by atoms with Gasteiger partial charge in [0.25, 0.3) is 0 Å². The van der Waals surface area contributed by atoms with Crippen LogP contribution in [0.2, 0.25) is 0 Å². The van der Waals surface area contributed by atoms with Crippen molar-refractivity contribution in [2.24, 2.45) is 0 Å². The van der Waals surface area contributed by atoms with Gasteiger partial charge in [0.15, 0.2) is 0 Å². The van der Waals surface area contributed by atoms with Crippen LogP contribution in [0.15, 0.2) is 24.7 Å². The molecule has 1 saturated carbocycles. The van der Waals surface area contributed by atoms with Gasteiger partial charge in [0.2, 0.25) is 0 Å². The predicted octanol–water partition coefficient (Wildman–Crippen LogP) is 2.50. The van der Waals surface area contributed by atoms with Crippen LogP contribution in [0.3, 0.4) is 0 Å². The van der Waals surface area contributed by atoms with Crippen molar-refractivity contribution in [1.82, 2.24) is 24.9 Å². The van der Waals surface area contributed by atoms with E-state index >= 15 is 0 Å². The maximum Gasteiger partial charge on any atom is 0.0762 e. The van der Waals surface area contributed by atoms with E-state index in [0.29, 0.717) is 6.04 Å². The van der Waals surface area contributed by atoms with Crippen LogP contribution in [-0.2, 0) is 19.6 Å². The number of rotatable bonds is 6. The summed E-state index contributed by atoms with van der Waals surface area (Å²) in [6.07, 6.45) is 11.4. The van der Waals surface area contributed by atoms with Crippen LogP contribution in [0, 0.1) is 0 Å². The number of aromatic nitrogens is 4. The van der Waals surface area contributed by atoms with Crippen molar-refractivity contribution in [2.45, 2.75) is 58.3 Å². The first kappa shape index (κ1) is 13.4. The Bertz CT molecular complexity index is 536. The van der Waals surface area contributed by atoms with Crippen molar-refractivity contribution in [3.05, 3.63) is 35.9 Å². The summed E-state index contributed by atoms with van der Waals surface area (Å²) < 4.78 is 4.10. The normalized spacial score (nSPS) is 16.1. The summed E-state index contributed by atoms with van der Waals surface area (Å²) in [6, 6.07) is 2.70. The molecule has 0 aromatic carbocycles. The monoisotopic (exact) mass is 273 g/mol. The van der Waals surface area contributed by atoms with Gasteiger partial charge in [-0.1, -0.05) is 12.8 Å². The minimum atomic E-state index is 0.629. The Morgan fingerprint density at radius 1 is 1.30 bits per heavy atom. The van der Waals surface area contributed by atoms with Gasteiger partial charge < -0.3 is 5.32 Å². The maximum absolute atomic E-state index is 4.50. The summed E-state index contributed by atoms with van der Waals surface area (Å²) in [4.78, 5) is 0. The van der Waals surface area contributed by atoms with E-state index in [4.69, 9.17) is 0 Å². The molecule has 2 aromatic heterocycles. The third-order valence-electron chi connectivity index (χ3n) is 4.01. The van der Waals surface area contributed by atoms with Gasteiger partial charge in [0, 0.05) is 37.6 Å². The van der Waals surface area contributed by atoms with Gasteiger partial charge in [-0.15, -0.1) is 0 Å². The fourth-order valence-electron chi connectivity index (χ4n) is 2.85. The highest BCUT2D eigenvalue weighted by Gasteiger charge is 2.17. The smallest absolute Gasteiger partial charge is 0.0762 e. The van der Waals surface area contributed by atoms with E-state index < -0.39 is 0 Å². The van der Waals surface area contributed by atoms with E-state index in [2.05, 4.69) is 39.4 Å². The third kappa shape index (κ3) is 3.10. The number of hydrogen-bond donors (Lipinski definition) is 1. The van der Waals surface area contributed by atoms with Gasteiger partial charge in [-0.05, 0) is 25.8 Å². The summed E-state index contributed by atoms with van der Waals surface area (Å²) in [5.74, 6) is 0. The number of hydrogen-bond acceptors (Lipinski definition) is 3. The number of nitrogens with zero attached hydrogens (tertiary/aromatic N) is 4. The Balaban J connectivity index is 1.48.